The third-order valence-electron chi connectivity index (χ3n) is 4.39. The van der Waals surface area contributed by atoms with E-state index in [-0.39, 0.29) is 35.8 Å². The average molecular weight is 455 g/mol. The molecule has 0 saturated carbocycles. The summed E-state index contributed by atoms with van der Waals surface area (Å²) in [4.78, 5) is 20.5. The summed E-state index contributed by atoms with van der Waals surface area (Å²) < 4.78 is 32.8. The van der Waals surface area contributed by atoms with Crippen LogP contribution in [0.25, 0.3) is 0 Å². The van der Waals surface area contributed by atoms with Crippen molar-refractivity contribution in [2.24, 2.45) is 5.92 Å². The molecule has 1 aromatic heterocycles. The Labute approximate surface area is 166 Å². The fourth-order valence-corrected chi connectivity index (χ4v) is 5.08. The van der Waals surface area contributed by atoms with Gasteiger partial charge in [-0.15, -0.1) is 0 Å². The Balaban J connectivity index is 1.64. The van der Waals surface area contributed by atoms with Crippen molar-refractivity contribution in [3.05, 3.63) is 41.1 Å². The molecule has 27 heavy (non-hydrogen) atoms. The van der Waals surface area contributed by atoms with E-state index in [1.165, 1.54) is 23.5 Å². The first-order valence-corrected chi connectivity index (χ1v) is 10.6. The highest BCUT2D eigenvalue weighted by molar-refractivity contribution is 9.10. The number of carbonyl (C=O) groups is 1. The minimum atomic E-state index is -3.63. The monoisotopic (exact) mass is 454 g/mol. The highest BCUT2D eigenvalue weighted by Crippen LogP contribution is 2.30. The summed E-state index contributed by atoms with van der Waals surface area (Å²) in [5.41, 5.74) is 0. The average Bonchev–Trinajstić information content (AvgIpc) is 2.68. The predicted octanol–water partition coefficient (Wildman–Crippen LogP) is 2.29. The number of aromatic nitrogens is 2. The van der Waals surface area contributed by atoms with Gasteiger partial charge in [-0.05, 0) is 53.0 Å². The van der Waals surface area contributed by atoms with Gasteiger partial charge < -0.3 is 4.74 Å². The van der Waals surface area contributed by atoms with Crippen molar-refractivity contribution in [3.63, 3.8) is 0 Å². The van der Waals surface area contributed by atoms with Crippen molar-refractivity contribution in [2.75, 3.05) is 25.5 Å². The van der Waals surface area contributed by atoms with Crippen molar-refractivity contribution in [1.29, 1.82) is 0 Å². The van der Waals surface area contributed by atoms with Crippen molar-refractivity contribution in [1.82, 2.24) is 14.3 Å². The molecule has 1 aliphatic rings. The zero-order valence-corrected chi connectivity index (χ0v) is 17.0. The van der Waals surface area contributed by atoms with Gasteiger partial charge in [-0.3, -0.25) is 10.1 Å². The number of anilines is 1. The van der Waals surface area contributed by atoms with Gasteiger partial charge in [0.2, 0.25) is 21.9 Å². The number of hydrogen-bond acceptors (Lipinski definition) is 6. The maximum absolute atomic E-state index is 12.9. The number of nitrogens with zero attached hydrogens (tertiary/aromatic N) is 3. The molecule has 8 nitrogen and oxygen atoms in total. The lowest BCUT2D eigenvalue weighted by Crippen LogP contribution is -2.41. The molecule has 0 unspecified atom stereocenters. The minimum Gasteiger partial charge on any atom is -0.496 e. The van der Waals surface area contributed by atoms with Crippen molar-refractivity contribution < 1.29 is 17.9 Å². The molecule has 0 radical (unpaired) electrons. The number of hydrogen-bond donors (Lipinski definition) is 1. The van der Waals surface area contributed by atoms with Crippen molar-refractivity contribution >= 4 is 37.8 Å². The maximum Gasteiger partial charge on any atom is 0.243 e. The van der Waals surface area contributed by atoms with Crippen LogP contribution in [0.15, 0.2) is 46.0 Å². The fraction of sp³-hybridized carbons (Fsp3) is 0.353. The topological polar surface area (TPSA) is 101 Å². The standard InChI is InChI=1S/C17H19BrN4O4S/c1-26-15-4-3-13(11-14(15)18)27(24,25)22-9-5-12(6-10-22)16(23)21-17-19-7-2-8-20-17/h2-4,7-8,11-12H,5-6,9-10H2,1H3,(H,19,20,21,23). The molecule has 1 fully saturated rings. The second kappa shape index (κ2) is 8.32. The normalized spacial score (nSPS) is 16.1. The first kappa shape index (κ1) is 19.7. The lowest BCUT2D eigenvalue weighted by molar-refractivity contribution is -0.121. The summed E-state index contributed by atoms with van der Waals surface area (Å²) in [7, 11) is -2.11. The Morgan fingerprint density at radius 2 is 1.93 bits per heavy atom. The molecule has 3 rings (SSSR count). The van der Waals surface area contributed by atoms with Gasteiger partial charge in [-0.25, -0.2) is 18.4 Å². The highest BCUT2D eigenvalue weighted by atomic mass is 79.9. The first-order chi connectivity index (χ1) is 12.9. The summed E-state index contributed by atoms with van der Waals surface area (Å²) in [6.45, 7) is 0.555. The molecule has 1 saturated heterocycles. The molecule has 1 aromatic carbocycles. The van der Waals surface area contributed by atoms with Crippen LogP contribution in [0.5, 0.6) is 5.75 Å². The summed E-state index contributed by atoms with van der Waals surface area (Å²) in [5, 5.41) is 2.67. The third kappa shape index (κ3) is 4.45. The van der Waals surface area contributed by atoms with E-state index < -0.39 is 10.0 Å². The second-order valence-corrected chi connectivity index (χ2v) is 8.83. The lowest BCUT2D eigenvalue weighted by Gasteiger charge is -2.30. The zero-order valence-electron chi connectivity index (χ0n) is 14.6. The molecule has 0 spiro atoms. The lowest BCUT2D eigenvalue weighted by atomic mass is 9.97. The molecule has 0 atom stereocenters. The van der Waals surface area contributed by atoms with Gasteiger partial charge >= 0.3 is 0 Å². The van der Waals surface area contributed by atoms with E-state index in [4.69, 9.17) is 4.74 Å². The fourth-order valence-electron chi connectivity index (χ4n) is 2.89. The number of carbonyl (C=O) groups excluding carboxylic acids is 1. The molecule has 1 amide bonds. The van der Waals surface area contributed by atoms with Gasteiger partial charge in [-0.2, -0.15) is 4.31 Å². The zero-order chi connectivity index (χ0) is 19.4. The molecule has 1 N–H and O–H groups in total. The third-order valence-corrected chi connectivity index (χ3v) is 6.90. The molecule has 0 bridgehead atoms. The smallest absolute Gasteiger partial charge is 0.243 e. The molecule has 10 heteroatoms. The molecular formula is C17H19BrN4O4S. The van der Waals surface area contributed by atoms with Crippen molar-refractivity contribution in [3.8, 4) is 5.75 Å². The van der Waals surface area contributed by atoms with E-state index in [0.717, 1.165) is 0 Å². The van der Waals surface area contributed by atoms with Crippen LogP contribution in [0.4, 0.5) is 5.95 Å². The first-order valence-electron chi connectivity index (χ1n) is 8.33. The second-order valence-electron chi connectivity index (χ2n) is 6.04. The summed E-state index contributed by atoms with van der Waals surface area (Å²) in [5.74, 6) is 0.349. The Morgan fingerprint density at radius 3 is 2.52 bits per heavy atom. The molecule has 1 aliphatic heterocycles. The number of ether oxygens (including phenoxy) is 1. The van der Waals surface area contributed by atoms with Gasteiger partial charge in [0.15, 0.2) is 0 Å². The summed E-state index contributed by atoms with van der Waals surface area (Å²) in [6, 6.07) is 6.32. The van der Waals surface area contributed by atoms with E-state index in [0.29, 0.717) is 23.1 Å². The number of methoxy groups -OCH3 is 1. The number of piperidine rings is 1. The van der Waals surface area contributed by atoms with Gasteiger partial charge in [-0.1, -0.05) is 0 Å². The maximum atomic E-state index is 12.9. The van der Waals surface area contributed by atoms with Crippen LogP contribution in [0.2, 0.25) is 0 Å². The van der Waals surface area contributed by atoms with E-state index in [1.807, 2.05) is 0 Å². The Bertz CT molecular complexity index is 916. The Morgan fingerprint density at radius 1 is 1.26 bits per heavy atom. The van der Waals surface area contributed by atoms with Gasteiger partial charge in [0.1, 0.15) is 5.75 Å². The number of benzene rings is 1. The largest absolute Gasteiger partial charge is 0.496 e. The summed E-state index contributed by atoms with van der Waals surface area (Å²) in [6.07, 6.45) is 3.97. The van der Waals surface area contributed by atoms with E-state index >= 15 is 0 Å². The highest BCUT2D eigenvalue weighted by Gasteiger charge is 2.32. The van der Waals surface area contributed by atoms with Crippen LogP contribution in [0.1, 0.15) is 12.8 Å². The van der Waals surface area contributed by atoms with E-state index in [2.05, 4.69) is 31.2 Å². The van der Waals surface area contributed by atoms with Crippen LogP contribution in [-0.2, 0) is 14.8 Å². The SMILES string of the molecule is COc1ccc(S(=O)(=O)N2CCC(C(=O)Nc3ncccn3)CC2)cc1Br. The Hall–Kier alpha value is -2.04. The molecule has 2 heterocycles. The quantitative estimate of drug-likeness (QED) is 0.743. The van der Waals surface area contributed by atoms with Crippen LogP contribution >= 0.6 is 15.9 Å². The van der Waals surface area contributed by atoms with Crippen LogP contribution < -0.4 is 10.1 Å². The van der Waals surface area contributed by atoms with Crippen LogP contribution in [-0.4, -0.2) is 48.8 Å². The Kier molecular flexibility index (Phi) is 6.08. The molecule has 2 aromatic rings. The van der Waals surface area contributed by atoms with Gasteiger partial charge in [0, 0.05) is 31.4 Å². The number of halogens is 1. The number of nitrogens with one attached hydrogen (secondary N) is 1. The molecule has 144 valence electrons. The van der Waals surface area contributed by atoms with Crippen LogP contribution in [0.3, 0.4) is 0 Å². The molecule has 0 aliphatic carbocycles. The van der Waals surface area contributed by atoms with Crippen molar-refractivity contribution in [2.45, 2.75) is 17.7 Å². The summed E-state index contributed by atoms with van der Waals surface area (Å²) >= 11 is 3.31. The van der Waals surface area contributed by atoms with E-state index in [9.17, 15) is 13.2 Å². The molecular weight excluding hydrogens is 436 g/mol. The minimum absolute atomic E-state index is 0.189. The van der Waals surface area contributed by atoms with Gasteiger partial charge in [0.05, 0.1) is 16.5 Å². The number of amides is 1. The number of sulfonamides is 1. The number of rotatable bonds is 5. The van der Waals surface area contributed by atoms with E-state index in [1.54, 1.807) is 24.5 Å². The predicted molar refractivity (Wildman–Crippen MR) is 103 cm³/mol. The van der Waals surface area contributed by atoms with Gasteiger partial charge in [0.25, 0.3) is 0 Å². The van der Waals surface area contributed by atoms with Crippen LogP contribution in [0, 0.1) is 5.92 Å².